The summed E-state index contributed by atoms with van der Waals surface area (Å²) in [7, 11) is 0. The Morgan fingerprint density at radius 3 is 1.72 bits per heavy atom. The van der Waals surface area contributed by atoms with Crippen molar-refractivity contribution in [3.8, 4) is 0 Å². The molecular formula is C26H46O10. The Bertz CT molecular complexity index is 651. The molecular weight excluding hydrogens is 472 g/mol. The van der Waals surface area contributed by atoms with Crippen molar-refractivity contribution in [2.75, 3.05) is 13.2 Å². The van der Waals surface area contributed by atoms with Crippen LogP contribution in [0.5, 0.6) is 0 Å². The summed E-state index contributed by atoms with van der Waals surface area (Å²) in [5.41, 5.74) is -2.82. The lowest BCUT2D eigenvalue weighted by Gasteiger charge is -2.30. The van der Waals surface area contributed by atoms with E-state index in [1.54, 1.807) is 0 Å². The molecule has 0 bridgehead atoms. The molecule has 0 aromatic heterocycles. The highest BCUT2D eigenvalue weighted by Crippen LogP contribution is 2.28. The van der Waals surface area contributed by atoms with Gasteiger partial charge in [-0.25, -0.2) is 9.59 Å². The van der Waals surface area contributed by atoms with E-state index in [0.29, 0.717) is 19.3 Å². The fourth-order valence-electron chi connectivity index (χ4n) is 3.78. The van der Waals surface area contributed by atoms with Crippen molar-refractivity contribution < 1.29 is 49.1 Å². The largest absolute Gasteiger partial charge is 0.393 e. The molecule has 0 aliphatic rings. The van der Waals surface area contributed by atoms with Gasteiger partial charge < -0.3 is 29.9 Å². The molecule has 3 unspecified atom stereocenters. The number of rotatable bonds is 21. The number of hydrogen-bond donors (Lipinski definition) is 4. The van der Waals surface area contributed by atoms with Gasteiger partial charge >= 0.3 is 23.9 Å². The Balaban J connectivity index is 5.22. The topological polar surface area (TPSA) is 168 Å². The Morgan fingerprint density at radius 1 is 0.722 bits per heavy atom. The van der Waals surface area contributed by atoms with Gasteiger partial charge in [0, 0.05) is 6.42 Å². The highest BCUT2D eigenvalue weighted by molar-refractivity contribution is 5.96. The van der Waals surface area contributed by atoms with E-state index >= 15 is 0 Å². The zero-order valence-electron chi connectivity index (χ0n) is 21.9. The van der Waals surface area contributed by atoms with Crippen LogP contribution in [0.1, 0.15) is 110 Å². The molecule has 10 heteroatoms. The average molecular weight is 519 g/mol. The first kappa shape index (κ1) is 34.1. The van der Waals surface area contributed by atoms with Gasteiger partial charge in [0.1, 0.15) is 0 Å². The van der Waals surface area contributed by atoms with Gasteiger partial charge in [0.15, 0.2) is 11.7 Å². The third kappa shape index (κ3) is 13.4. The SMILES string of the molecule is CCCCCCCCCCC(C(=O)OC(=O)C(O)CO)C(O)(CO)C(=O)OC(=O)CCCCCCC. The second-order valence-corrected chi connectivity index (χ2v) is 9.26. The maximum absolute atomic E-state index is 12.7. The molecule has 0 aliphatic carbocycles. The minimum absolute atomic E-state index is 0.0642. The quantitative estimate of drug-likeness (QED) is 0.101. The van der Waals surface area contributed by atoms with Crippen LogP contribution in [-0.2, 0) is 28.7 Å². The zero-order valence-corrected chi connectivity index (χ0v) is 21.9. The number of unbranched alkanes of at least 4 members (excludes halogenated alkanes) is 11. The van der Waals surface area contributed by atoms with Crippen LogP contribution >= 0.6 is 0 Å². The summed E-state index contributed by atoms with van der Waals surface area (Å²) in [6.45, 7) is 1.94. The zero-order chi connectivity index (χ0) is 27.4. The fraction of sp³-hybridized carbons (Fsp3) is 0.846. The van der Waals surface area contributed by atoms with E-state index in [4.69, 9.17) is 9.84 Å². The molecule has 3 atom stereocenters. The summed E-state index contributed by atoms with van der Waals surface area (Å²) >= 11 is 0. The molecule has 0 heterocycles. The molecule has 0 radical (unpaired) electrons. The third-order valence-corrected chi connectivity index (χ3v) is 6.14. The highest BCUT2D eigenvalue weighted by atomic mass is 16.6. The maximum atomic E-state index is 12.7. The van der Waals surface area contributed by atoms with Gasteiger partial charge in [-0.15, -0.1) is 0 Å². The number of aliphatic hydroxyl groups excluding tert-OH is 3. The van der Waals surface area contributed by atoms with E-state index in [-0.39, 0.29) is 12.8 Å². The van der Waals surface area contributed by atoms with Crippen LogP contribution in [-0.4, -0.2) is 69.2 Å². The fourth-order valence-corrected chi connectivity index (χ4v) is 3.78. The van der Waals surface area contributed by atoms with E-state index in [2.05, 4.69) is 18.6 Å². The molecule has 0 rings (SSSR count). The summed E-state index contributed by atoms with van der Waals surface area (Å²) in [5, 5.41) is 39.0. The van der Waals surface area contributed by atoms with Gasteiger partial charge in [0.05, 0.1) is 19.1 Å². The molecule has 36 heavy (non-hydrogen) atoms. The Kier molecular flexibility index (Phi) is 19.2. The summed E-state index contributed by atoms with van der Waals surface area (Å²) in [4.78, 5) is 49.2. The van der Waals surface area contributed by atoms with Crippen LogP contribution in [0.25, 0.3) is 0 Å². The van der Waals surface area contributed by atoms with Crippen LogP contribution in [0.4, 0.5) is 0 Å². The minimum atomic E-state index is -2.82. The molecule has 0 saturated heterocycles. The van der Waals surface area contributed by atoms with Crippen molar-refractivity contribution in [2.45, 2.75) is 122 Å². The highest BCUT2D eigenvalue weighted by Gasteiger charge is 2.50. The molecule has 10 nitrogen and oxygen atoms in total. The predicted molar refractivity (Wildman–Crippen MR) is 131 cm³/mol. The first-order chi connectivity index (χ1) is 17.2. The predicted octanol–water partition coefficient (Wildman–Crippen LogP) is 2.71. The van der Waals surface area contributed by atoms with Gasteiger partial charge in [-0.2, -0.15) is 0 Å². The van der Waals surface area contributed by atoms with Gasteiger partial charge in [-0.3, -0.25) is 9.59 Å². The lowest BCUT2D eigenvalue weighted by molar-refractivity contribution is -0.193. The second kappa shape index (κ2) is 20.2. The molecule has 0 aliphatic heterocycles. The van der Waals surface area contributed by atoms with Crippen molar-refractivity contribution in [1.29, 1.82) is 0 Å². The average Bonchev–Trinajstić information content (AvgIpc) is 2.86. The van der Waals surface area contributed by atoms with Crippen molar-refractivity contribution in [3.05, 3.63) is 0 Å². The number of aliphatic hydroxyl groups is 4. The van der Waals surface area contributed by atoms with Crippen LogP contribution in [0.3, 0.4) is 0 Å². The van der Waals surface area contributed by atoms with E-state index < -0.39 is 54.7 Å². The van der Waals surface area contributed by atoms with E-state index in [1.165, 1.54) is 0 Å². The number of ether oxygens (including phenoxy) is 2. The molecule has 4 N–H and O–H groups in total. The lowest BCUT2D eigenvalue weighted by atomic mass is 9.83. The first-order valence-electron chi connectivity index (χ1n) is 13.3. The van der Waals surface area contributed by atoms with Crippen LogP contribution in [0.15, 0.2) is 0 Å². The van der Waals surface area contributed by atoms with Crippen LogP contribution in [0.2, 0.25) is 0 Å². The van der Waals surface area contributed by atoms with Crippen LogP contribution in [0, 0.1) is 5.92 Å². The van der Waals surface area contributed by atoms with Gasteiger partial charge in [0.2, 0.25) is 0 Å². The molecule has 0 amide bonds. The number of carbonyl (C=O) groups excluding carboxylic acids is 4. The van der Waals surface area contributed by atoms with Crippen molar-refractivity contribution in [3.63, 3.8) is 0 Å². The van der Waals surface area contributed by atoms with Crippen molar-refractivity contribution >= 4 is 23.9 Å². The lowest BCUT2D eigenvalue weighted by Crippen LogP contribution is -2.54. The standard InChI is InChI=1S/C26H46O10/c1-3-5-7-9-10-11-13-14-16-20(23(31)36-24(32)21(29)18-27)26(34,19-28)25(33)35-22(30)17-15-12-8-6-4-2/h20-21,27-29,34H,3-19H2,1-2H3. The van der Waals surface area contributed by atoms with Gasteiger partial charge in [0.25, 0.3) is 0 Å². The number of hydrogen-bond acceptors (Lipinski definition) is 10. The smallest absolute Gasteiger partial charge is 0.349 e. The maximum Gasteiger partial charge on any atom is 0.349 e. The van der Waals surface area contributed by atoms with Crippen molar-refractivity contribution in [1.82, 2.24) is 0 Å². The third-order valence-electron chi connectivity index (χ3n) is 6.14. The second-order valence-electron chi connectivity index (χ2n) is 9.26. The molecule has 210 valence electrons. The molecule has 0 spiro atoms. The van der Waals surface area contributed by atoms with E-state index in [9.17, 15) is 34.5 Å². The Hall–Kier alpha value is -1.88. The normalized spacial score (nSPS) is 14.5. The summed E-state index contributed by atoms with van der Waals surface area (Å²) in [6, 6.07) is 0. The first-order valence-corrected chi connectivity index (χ1v) is 13.3. The van der Waals surface area contributed by atoms with E-state index in [1.807, 2.05) is 0 Å². The number of esters is 4. The molecule has 0 saturated carbocycles. The summed E-state index contributed by atoms with van der Waals surface area (Å²) in [6.07, 6.45) is 9.40. The Morgan fingerprint density at radius 2 is 1.22 bits per heavy atom. The summed E-state index contributed by atoms with van der Waals surface area (Å²) < 4.78 is 9.27. The Labute approximate surface area is 214 Å². The van der Waals surface area contributed by atoms with Crippen molar-refractivity contribution in [2.24, 2.45) is 5.92 Å². The molecule has 0 aromatic carbocycles. The van der Waals surface area contributed by atoms with Gasteiger partial charge in [-0.1, -0.05) is 90.9 Å². The number of carbonyl (C=O) groups is 4. The van der Waals surface area contributed by atoms with E-state index in [0.717, 1.165) is 64.2 Å². The minimum Gasteiger partial charge on any atom is -0.393 e. The monoisotopic (exact) mass is 518 g/mol. The summed E-state index contributed by atoms with van der Waals surface area (Å²) in [5.74, 6) is -6.94. The van der Waals surface area contributed by atoms with Gasteiger partial charge in [-0.05, 0) is 12.8 Å². The molecule has 0 fully saturated rings. The molecule has 0 aromatic rings. The van der Waals surface area contributed by atoms with Crippen LogP contribution < -0.4 is 0 Å².